The van der Waals surface area contributed by atoms with E-state index in [-0.39, 0.29) is 11.6 Å². The molecule has 0 spiro atoms. The molecule has 0 aromatic carbocycles. The first-order valence-corrected chi connectivity index (χ1v) is 7.64. The molecule has 3 rings (SSSR count). The second kappa shape index (κ2) is 7.19. The number of rotatable bonds is 6. The maximum absolute atomic E-state index is 10.6. The van der Waals surface area contributed by atoms with Crippen LogP contribution >= 0.6 is 0 Å². The lowest BCUT2D eigenvalue weighted by atomic mass is 10.1. The molecule has 23 heavy (non-hydrogen) atoms. The van der Waals surface area contributed by atoms with Crippen molar-refractivity contribution >= 4 is 5.88 Å². The Labute approximate surface area is 133 Å². The quantitative estimate of drug-likeness (QED) is 0.596. The van der Waals surface area contributed by atoms with E-state index in [0.29, 0.717) is 18.2 Å². The zero-order valence-electron chi connectivity index (χ0n) is 12.7. The second-order valence-electron chi connectivity index (χ2n) is 5.39. The monoisotopic (exact) mass is 318 g/mol. The average molecular weight is 318 g/mol. The van der Waals surface area contributed by atoms with Crippen molar-refractivity contribution in [1.82, 2.24) is 14.9 Å². The van der Waals surface area contributed by atoms with Gasteiger partial charge >= 0.3 is 5.88 Å². The standard InChI is InChI=1S/C15H18N4O4/c20-19(21)14-5-4-13(23-14)15-16-10-12(11-17-15)22-9-8-18-6-2-1-3-7-18/h4-5,10-11H,1-3,6-9H2. The molecule has 0 aliphatic carbocycles. The second-order valence-corrected chi connectivity index (χ2v) is 5.39. The summed E-state index contributed by atoms with van der Waals surface area (Å²) < 4.78 is 10.7. The van der Waals surface area contributed by atoms with Gasteiger partial charge in [0.05, 0.1) is 18.5 Å². The van der Waals surface area contributed by atoms with Gasteiger partial charge in [0.1, 0.15) is 11.5 Å². The topological polar surface area (TPSA) is 94.5 Å². The summed E-state index contributed by atoms with van der Waals surface area (Å²) in [7, 11) is 0. The van der Waals surface area contributed by atoms with Crippen LogP contribution in [0.3, 0.4) is 0 Å². The largest absolute Gasteiger partial charge is 0.489 e. The van der Waals surface area contributed by atoms with E-state index in [1.165, 1.54) is 31.4 Å². The summed E-state index contributed by atoms with van der Waals surface area (Å²) in [5.74, 6) is 0.801. The lowest BCUT2D eigenvalue weighted by Crippen LogP contribution is -2.33. The van der Waals surface area contributed by atoms with Gasteiger partial charge in [-0.1, -0.05) is 6.42 Å². The van der Waals surface area contributed by atoms with E-state index in [9.17, 15) is 10.1 Å². The number of furan rings is 1. The molecular formula is C15H18N4O4. The molecule has 2 aromatic heterocycles. The molecule has 8 nitrogen and oxygen atoms in total. The fraction of sp³-hybridized carbons (Fsp3) is 0.467. The van der Waals surface area contributed by atoms with Gasteiger partial charge in [0, 0.05) is 6.54 Å². The summed E-state index contributed by atoms with van der Waals surface area (Å²) in [5.41, 5.74) is 0. The van der Waals surface area contributed by atoms with E-state index < -0.39 is 4.92 Å². The number of piperidine rings is 1. The Morgan fingerprint density at radius 1 is 1.22 bits per heavy atom. The van der Waals surface area contributed by atoms with Gasteiger partial charge in [-0.3, -0.25) is 15.0 Å². The number of hydrogen-bond acceptors (Lipinski definition) is 7. The van der Waals surface area contributed by atoms with Crippen molar-refractivity contribution in [3.8, 4) is 17.3 Å². The van der Waals surface area contributed by atoms with E-state index in [4.69, 9.17) is 9.15 Å². The van der Waals surface area contributed by atoms with Crippen LogP contribution in [0.2, 0.25) is 0 Å². The minimum Gasteiger partial charge on any atom is -0.489 e. The van der Waals surface area contributed by atoms with Gasteiger partial charge in [0.15, 0.2) is 17.3 Å². The first-order chi connectivity index (χ1) is 11.2. The Kier molecular flexibility index (Phi) is 4.82. The molecule has 0 N–H and O–H groups in total. The highest BCUT2D eigenvalue weighted by atomic mass is 16.6. The fourth-order valence-corrected chi connectivity index (χ4v) is 2.54. The highest BCUT2D eigenvalue weighted by Gasteiger charge is 2.15. The van der Waals surface area contributed by atoms with Gasteiger partial charge in [-0.25, -0.2) is 9.97 Å². The number of nitrogens with zero attached hydrogens (tertiary/aromatic N) is 4. The van der Waals surface area contributed by atoms with E-state index in [2.05, 4.69) is 14.9 Å². The molecule has 2 aromatic rings. The third kappa shape index (κ3) is 4.04. The van der Waals surface area contributed by atoms with Crippen LogP contribution in [0.5, 0.6) is 5.75 Å². The summed E-state index contributed by atoms with van der Waals surface area (Å²) in [5, 5.41) is 10.6. The maximum Gasteiger partial charge on any atom is 0.433 e. The molecule has 1 saturated heterocycles. The normalized spacial score (nSPS) is 15.5. The minimum atomic E-state index is -0.596. The molecule has 0 saturated carbocycles. The molecule has 0 bridgehead atoms. The van der Waals surface area contributed by atoms with Crippen molar-refractivity contribution in [2.45, 2.75) is 19.3 Å². The van der Waals surface area contributed by atoms with Crippen LogP contribution in [-0.4, -0.2) is 46.0 Å². The van der Waals surface area contributed by atoms with Crippen LogP contribution in [0.4, 0.5) is 5.88 Å². The van der Waals surface area contributed by atoms with Crippen molar-refractivity contribution in [1.29, 1.82) is 0 Å². The summed E-state index contributed by atoms with van der Waals surface area (Å²) in [4.78, 5) is 20.6. The molecule has 0 atom stereocenters. The van der Waals surface area contributed by atoms with E-state index in [0.717, 1.165) is 19.6 Å². The predicted molar refractivity (Wildman–Crippen MR) is 82.2 cm³/mol. The Bertz CT molecular complexity index is 650. The van der Waals surface area contributed by atoms with Crippen LogP contribution in [0.15, 0.2) is 28.9 Å². The average Bonchev–Trinajstić information content (AvgIpc) is 3.07. The van der Waals surface area contributed by atoms with Crippen molar-refractivity contribution in [3.63, 3.8) is 0 Å². The van der Waals surface area contributed by atoms with Gasteiger partial charge in [0.2, 0.25) is 0 Å². The number of hydrogen-bond donors (Lipinski definition) is 0. The predicted octanol–water partition coefficient (Wildman–Crippen LogP) is 2.51. The van der Waals surface area contributed by atoms with Crippen molar-refractivity contribution in [2.75, 3.05) is 26.2 Å². The molecule has 1 fully saturated rings. The number of nitro groups is 1. The minimum absolute atomic E-state index is 0.261. The van der Waals surface area contributed by atoms with Gasteiger partial charge in [-0.05, 0) is 32.0 Å². The summed E-state index contributed by atoms with van der Waals surface area (Å²) in [6.07, 6.45) is 6.93. The summed E-state index contributed by atoms with van der Waals surface area (Å²) in [6.45, 7) is 3.76. The zero-order valence-corrected chi connectivity index (χ0v) is 12.7. The van der Waals surface area contributed by atoms with Gasteiger partial charge < -0.3 is 9.15 Å². The lowest BCUT2D eigenvalue weighted by Gasteiger charge is -2.26. The van der Waals surface area contributed by atoms with Crippen LogP contribution in [-0.2, 0) is 0 Å². The highest BCUT2D eigenvalue weighted by Crippen LogP contribution is 2.23. The van der Waals surface area contributed by atoms with Crippen molar-refractivity contribution in [2.24, 2.45) is 0 Å². The third-order valence-electron chi connectivity index (χ3n) is 3.75. The van der Waals surface area contributed by atoms with Crippen molar-refractivity contribution in [3.05, 3.63) is 34.6 Å². The molecule has 3 heterocycles. The smallest absolute Gasteiger partial charge is 0.433 e. The summed E-state index contributed by atoms with van der Waals surface area (Å²) >= 11 is 0. The van der Waals surface area contributed by atoms with Crippen molar-refractivity contribution < 1.29 is 14.1 Å². The van der Waals surface area contributed by atoms with E-state index >= 15 is 0 Å². The Balaban J connectivity index is 1.53. The van der Waals surface area contributed by atoms with Gasteiger partial charge in [0.25, 0.3) is 0 Å². The number of ether oxygens (including phenoxy) is 1. The Morgan fingerprint density at radius 3 is 2.61 bits per heavy atom. The van der Waals surface area contributed by atoms with Crippen LogP contribution < -0.4 is 4.74 Å². The molecule has 1 aliphatic heterocycles. The summed E-state index contributed by atoms with van der Waals surface area (Å²) in [6, 6.07) is 2.76. The van der Waals surface area contributed by atoms with Gasteiger partial charge in [-0.2, -0.15) is 0 Å². The Hall–Kier alpha value is -2.48. The van der Waals surface area contributed by atoms with Crippen LogP contribution in [0, 0.1) is 10.1 Å². The third-order valence-corrected chi connectivity index (χ3v) is 3.75. The lowest BCUT2D eigenvalue weighted by molar-refractivity contribution is -0.401. The van der Waals surface area contributed by atoms with E-state index in [1.807, 2.05) is 0 Å². The molecular weight excluding hydrogens is 300 g/mol. The van der Waals surface area contributed by atoms with Crippen LogP contribution in [0.25, 0.3) is 11.6 Å². The molecule has 1 aliphatic rings. The maximum atomic E-state index is 10.6. The highest BCUT2D eigenvalue weighted by molar-refractivity contribution is 5.48. The molecule has 0 radical (unpaired) electrons. The molecule has 0 unspecified atom stereocenters. The first-order valence-electron chi connectivity index (χ1n) is 7.64. The first kappa shape index (κ1) is 15.4. The fourth-order valence-electron chi connectivity index (χ4n) is 2.54. The molecule has 122 valence electrons. The zero-order chi connectivity index (χ0) is 16.1. The SMILES string of the molecule is O=[N+]([O-])c1ccc(-c2ncc(OCCN3CCCCC3)cn2)o1. The molecule has 0 amide bonds. The molecule has 8 heteroatoms. The van der Waals surface area contributed by atoms with E-state index in [1.54, 1.807) is 12.4 Å². The van der Waals surface area contributed by atoms with Crippen LogP contribution in [0.1, 0.15) is 19.3 Å². The number of likely N-dealkylation sites (tertiary alicyclic amines) is 1. The number of aromatic nitrogens is 2. The Morgan fingerprint density at radius 2 is 1.96 bits per heavy atom. The van der Waals surface area contributed by atoms with Gasteiger partial charge in [-0.15, -0.1) is 0 Å².